The fourth-order valence-corrected chi connectivity index (χ4v) is 1.52. The van der Waals surface area contributed by atoms with Crippen molar-refractivity contribution in [3.8, 4) is 5.75 Å². The first-order valence-corrected chi connectivity index (χ1v) is 5.54. The normalized spacial score (nSPS) is 10.4. The molecule has 110 valence electrons. The van der Waals surface area contributed by atoms with Crippen LogP contribution < -0.4 is 15.8 Å². The molecule has 0 saturated heterocycles. The van der Waals surface area contributed by atoms with Crippen LogP contribution in [0.25, 0.3) is 0 Å². The fraction of sp³-hybridized carbons (Fsp3) is 0.0909. The Hall–Kier alpha value is -3.04. The van der Waals surface area contributed by atoms with E-state index in [1.54, 1.807) is 0 Å². The van der Waals surface area contributed by atoms with Gasteiger partial charge in [-0.25, -0.2) is 9.97 Å². The average molecular weight is 297 g/mol. The summed E-state index contributed by atoms with van der Waals surface area (Å²) in [5, 5.41) is 13.6. The molecule has 0 unspecified atom stereocenters. The summed E-state index contributed by atoms with van der Waals surface area (Å²) >= 11 is 0. The minimum Gasteiger partial charge on any atom is -0.435 e. The Bertz CT molecular complexity index is 651. The van der Waals surface area contributed by atoms with Crippen molar-refractivity contribution in [1.29, 1.82) is 0 Å². The van der Waals surface area contributed by atoms with Crippen molar-refractivity contribution >= 4 is 23.0 Å². The predicted octanol–water partition coefficient (Wildman–Crippen LogP) is 2.31. The number of benzene rings is 1. The Morgan fingerprint density at radius 3 is 2.52 bits per heavy atom. The lowest BCUT2D eigenvalue weighted by molar-refractivity contribution is -0.383. The van der Waals surface area contributed by atoms with E-state index in [0.29, 0.717) is 5.69 Å². The van der Waals surface area contributed by atoms with Crippen LogP contribution in [0.3, 0.4) is 0 Å². The Kier molecular flexibility index (Phi) is 4.07. The highest BCUT2D eigenvalue weighted by Crippen LogP contribution is 2.29. The lowest BCUT2D eigenvalue weighted by atomic mass is 10.3. The molecule has 1 heterocycles. The van der Waals surface area contributed by atoms with E-state index in [-0.39, 0.29) is 17.4 Å². The van der Waals surface area contributed by atoms with E-state index in [1.807, 2.05) is 0 Å². The van der Waals surface area contributed by atoms with Crippen LogP contribution in [-0.4, -0.2) is 21.5 Å². The van der Waals surface area contributed by atoms with Crippen LogP contribution in [0, 0.1) is 10.1 Å². The highest BCUT2D eigenvalue weighted by molar-refractivity contribution is 5.72. The Morgan fingerprint density at radius 2 is 1.95 bits per heavy atom. The molecule has 0 fully saturated rings. The number of hydrogen-bond acceptors (Lipinski definition) is 7. The Balaban J connectivity index is 2.22. The largest absolute Gasteiger partial charge is 0.435 e. The van der Waals surface area contributed by atoms with Gasteiger partial charge in [0.25, 0.3) is 0 Å². The quantitative estimate of drug-likeness (QED) is 0.642. The van der Waals surface area contributed by atoms with Gasteiger partial charge in [-0.3, -0.25) is 10.1 Å². The monoisotopic (exact) mass is 297 g/mol. The minimum atomic E-state index is -2.92. The van der Waals surface area contributed by atoms with Gasteiger partial charge in [-0.2, -0.15) is 8.78 Å². The SMILES string of the molecule is Nc1ncnc(Nc2ccc(OC(F)F)cc2)c1[N+](=O)[O-]. The molecule has 21 heavy (non-hydrogen) atoms. The summed E-state index contributed by atoms with van der Waals surface area (Å²) in [7, 11) is 0. The zero-order chi connectivity index (χ0) is 15.4. The van der Waals surface area contributed by atoms with Crippen molar-refractivity contribution in [2.24, 2.45) is 0 Å². The number of nitrogens with two attached hydrogens (primary N) is 1. The predicted molar refractivity (Wildman–Crippen MR) is 69.5 cm³/mol. The number of alkyl halides is 2. The maximum atomic E-state index is 12.0. The number of ether oxygens (including phenoxy) is 1. The second kappa shape index (κ2) is 5.94. The van der Waals surface area contributed by atoms with Gasteiger partial charge < -0.3 is 15.8 Å². The van der Waals surface area contributed by atoms with Crippen molar-refractivity contribution in [3.63, 3.8) is 0 Å². The summed E-state index contributed by atoms with van der Waals surface area (Å²) in [6.07, 6.45) is 1.07. The molecule has 0 aliphatic carbocycles. The molecular weight excluding hydrogens is 288 g/mol. The molecule has 2 rings (SSSR count). The molecule has 1 aromatic carbocycles. The van der Waals surface area contributed by atoms with E-state index in [1.165, 1.54) is 24.3 Å². The molecule has 0 spiro atoms. The van der Waals surface area contributed by atoms with Crippen LogP contribution >= 0.6 is 0 Å². The number of aromatic nitrogens is 2. The number of hydrogen-bond donors (Lipinski definition) is 2. The van der Waals surface area contributed by atoms with E-state index in [0.717, 1.165) is 6.33 Å². The first-order valence-electron chi connectivity index (χ1n) is 5.54. The van der Waals surface area contributed by atoms with Crippen LogP contribution in [-0.2, 0) is 0 Å². The minimum absolute atomic E-state index is 0.0350. The molecule has 0 radical (unpaired) electrons. The summed E-state index contributed by atoms with van der Waals surface area (Å²) < 4.78 is 28.2. The number of anilines is 3. The van der Waals surface area contributed by atoms with Gasteiger partial charge >= 0.3 is 12.3 Å². The van der Waals surface area contributed by atoms with Gasteiger partial charge in [0.15, 0.2) is 0 Å². The number of nitrogens with one attached hydrogen (secondary N) is 1. The second-order valence-electron chi connectivity index (χ2n) is 3.74. The molecule has 8 nitrogen and oxygen atoms in total. The van der Waals surface area contributed by atoms with Crippen molar-refractivity contribution < 1.29 is 18.4 Å². The highest BCUT2D eigenvalue weighted by atomic mass is 19.3. The third kappa shape index (κ3) is 3.49. The van der Waals surface area contributed by atoms with Crippen molar-refractivity contribution in [1.82, 2.24) is 9.97 Å². The third-order valence-corrected chi connectivity index (χ3v) is 2.38. The molecule has 10 heteroatoms. The molecule has 0 amide bonds. The molecule has 1 aromatic heterocycles. The molecule has 0 saturated carbocycles. The number of halogens is 2. The van der Waals surface area contributed by atoms with Crippen molar-refractivity contribution in [2.75, 3.05) is 11.1 Å². The van der Waals surface area contributed by atoms with Gasteiger partial charge in [-0.15, -0.1) is 0 Å². The molecular formula is C11H9F2N5O3. The van der Waals surface area contributed by atoms with Crippen molar-refractivity contribution in [3.05, 3.63) is 40.7 Å². The van der Waals surface area contributed by atoms with Crippen LogP contribution in [0.4, 0.5) is 31.8 Å². The van der Waals surface area contributed by atoms with Crippen LogP contribution in [0.15, 0.2) is 30.6 Å². The van der Waals surface area contributed by atoms with Gasteiger partial charge in [-0.05, 0) is 24.3 Å². The second-order valence-corrected chi connectivity index (χ2v) is 3.74. The highest BCUT2D eigenvalue weighted by Gasteiger charge is 2.20. The van der Waals surface area contributed by atoms with Crippen molar-refractivity contribution in [2.45, 2.75) is 6.61 Å². The standard InChI is InChI=1S/C11H9F2N5O3/c12-11(13)21-7-3-1-6(2-4-7)17-10-8(18(19)20)9(14)15-5-16-10/h1-5,11H,(H3,14,15,16,17). The molecule has 0 atom stereocenters. The lowest BCUT2D eigenvalue weighted by Crippen LogP contribution is -2.05. The van der Waals surface area contributed by atoms with Gasteiger partial charge in [0.1, 0.15) is 12.1 Å². The number of nitrogen functional groups attached to an aromatic ring is 1. The fourth-order valence-electron chi connectivity index (χ4n) is 1.52. The molecule has 0 bridgehead atoms. The van der Waals surface area contributed by atoms with E-state index in [4.69, 9.17) is 5.73 Å². The van der Waals surface area contributed by atoms with Gasteiger partial charge in [-0.1, -0.05) is 0 Å². The van der Waals surface area contributed by atoms with E-state index < -0.39 is 17.2 Å². The number of nitrogens with zero attached hydrogens (tertiary/aromatic N) is 3. The maximum absolute atomic E-state index is 12.0. The molecule has 2 aromatic rings. The number of nitro groups is 1. The van der Waals surface area contributed by atoms with E-state index in [2.05, 4.69) is 20.0 Å². The van der Waals surface area contributed by atoms with E-state index >= 15 is 0 Å². The van der Waals surface area contributed by atoms with Crippen LogP contribution in [0.2, 0.25) is 0 Å². The summed E-state index contributed by atoms with van der Waals surface area (Å²) in [5.41, 5.74) is 5.34. The lowest BCUT2D eigenvalue weighted by Gasteiger charge is -2.08. The maximum Gasteiger partial charge on any atom is 0.387 e. The third-order valence-electron chi connectivity index (χ3n) is 2.38. The Labute approximate surface area is 116 Å². The summed E-state index contributed by atoms with van der Waals surface area (Å²) in [6.45, 7) is -2.92. The zero-order valence-electron chi connectivity index (χ0n) is 10.4. The first kappa shape index (κ1) is 14.4. The molecule has 0 aliphatic heterocycles. The molecule has 0 aliphatic rings. The van der Waals surface area contributed by atoms with Crippen LogP contribution in [0.1, 0.15) is 0 Å². The summed E-state index contributed by atoms with van der Waals surface area (Å²) in [6, 6.07) is 5.37. The first-order chi connectivity index (χ1) is 9.97. The zero-order valence-corrected chi connectivity index (χ0v) is 10.4. The van der Waals surface area contributed by atoms with Gasteiger partial charge in [0.2, 0.25) is 11.6 Å². The van der Waals surface area contributed by atoms with Gasteiger partial charge in [0, 0.05) is 5.69 Å². The summed E-state index contributed by atoms with van der Waals surface area (Å²) in [4.78, 5) is 17.5. The smallest absolute Gasteiger partial charge is 0.387 e. The topological polar surface area (TPSA) is 116 Å². The van der Waals surface area contributed by atoms with E-state index in [9.17, 15) is 18.9 Å². The molecule has 3 N–H and O–H groups in total. The summed E-state index contributed by atoms with van der Waals surface area (Å²) in [5.74, 6) is -0.419. The Morgan fingerprint density at radius 1 is 1.29 bits per heavy atom. The number of rotatable bonds is 5. The average Bonchev–Trinajstić information content (AvgIpc) is 2.40. The van der Waals surface area contributed by atoms with Gasteiger partial charge in [0.05, 0.1) is 4.92 Å². The van der Waals surface area contributed by atoms with Crippen LogP contribution in [0.5, 0.6) is 5.75 Å².